The van der Waals surface area contributed by atoms with E-state index in [-0.39, 0.29) is 6.10 Å². The smallest absolute Gasteiger partial charge is 0.101 e. The summed E-state index contributed by atoms with van der Waals surface area (Å²) in [6.45, 7) is 4.34. The van der Waals surface area contributed by atoms with Crippen LogP contribution in [0.4, 0.5) is 0 Å². The SMILES string of the molecule is CCC(N)(N)C1CNCCO1. The zero-order chi connectivity index (χ0) is 8.32. The quantitative estimate of drug-likeness (QED) is 0.452. The molecule has 4 nitrogen and oxygen atoms in total. The number of hydrogen-bond donors (Lipinski definition) is 3. The Kier molecular flexibility index (Phi) is 2.84. The first-order valence-electron chi connectivity index (χ1n) is 4.07. The molecule has 1 unspecified atom stereocenters. The molecule has 0 bridgehead atoms. The molecule has 4 heteroatoms. The van der Waals surface area contributed by atoms with E-state index in [1.807, 2.05) is 6.92 Å². The van der Waals surface area contributed by atoms with Crippen LogP contribution in [0.5, 0.6) is 0 Å². The number of morpholine rings is 1. The third-order valence-electron chi connectivity index (χ3n) is 2.14. The summed E-state index contributed by atoms with van der Waals surface area (Å²) < 4.78 is 5.42. The zero-order valence-corrected chi connectivity index (χ0v) is 6.97. The summed E-state index contributed by atoms with van der Waals surface area (Å²) in [6, 6.07) is 0. The summed E-state index contributed by atoms with van der Waals surface area (Å²) in [5.74, 6) is 0. The summed E-state index contributed by atoms with van der Waals surface area (Å²) in [7, 11) is 0. The molecule has 0 aromatic rings. The average Bonchev–Trinajstić information content (AvgIpc) is 2.06. The predicted octanol–water partition coefficient (Wildman–Crippen LogP) is -1.00. The van der Waals surface area contributed by atoms with Crippen molar-refractivity contribution in [2.75, 3.05) is 19.7 Å². The maximum absolute atomic E-state index is 5.80. The van der Waals surface area contributed by atoms with Gasteiger partial charge in [-0.3, -0.25) is 0 Å². The van der Waals surface area contributed by atoms with E-state index < -0.39 is 5.66 Å². The summed E-state index contributed by atoms with van der Waals surface area (Å²) >= 11 is 0. The standard InChI is InChI=1S/C7H17N3O/c1-2-7(8,9)6-5-10-3-4-11-6/h6,10H,2-5,8-9H2,1H3. The van der Waals surface area contributed by atoms with Gasteiger partial charge in [-0.2, -0.15) is 0 Å². The van der Waals surface area contributed by atoms with Gasteiger partial charge in [0.15, 0.2) is 0 Å². The molecule has 1 saturated heterocycles. The number of ether oxygens (including phenoxy) is 1. The van der Waals surface area contributed by atoms with Gasteiger partial charge in [-0.1, -0.05) is 6.92 Å². The fourth-order valence-corrected chi connectivity index (χ4v) is 1.14. The number of hydrogen-bond acceptors (Lipinski definition) is 4. The Morgan fingerprint density at radius 2 is 2.36 bits per heavy atom. The summed E-state index contributed by atoms with van der Waals surface area (Å²) in [6.07, 6.45) is 0.695. The second kappa shape index (κ2) is 3.49. The fraction of sp³-hybridized carbons (Fsp3) is 1.00. The molecule has 1 heterocycles. The van der Waals surface area contributed by atoms with Gasteiger partial charge in [-0.05, 0) is 6.42 Å². The number of nitrogens with two attached hydrogens (primary N) is 2. The predicted molar refractivity (Wildman–Crippen MR) is 44.0 cm³/mol. The van der Waals surface area contributed by atoms with Gasteiger partial charge in [0.05, 0.1) is 12.3 Å². The van der Waals surface area contributed by atoms with E-state index in [1.54, 1.807) is 0 Å². The first kappa shape index (κ1) is 8.93. The van der Waals surface area contributed by atoms with Crippen LogP contribution >= 0.6 is 0 Å². The van der Waals surface area contributed by atoms with Crippen molar-refractivity contribution in [2.45, 2.75) is 25.1 Å². The van der Waals surface area contributed by atoms with Crippen LogP contribution in [0.1, 0.15) is 13.3 Å². The molecule has 11 heavy (non-hydrogen) atoms. The molecule has 0 aromatic carbocycles. The Morgan fingerprint density at radius 1 is 1.64 bits per heavy atom. The third kappa shape index (κ3) is 2.13. The Balaban J connectivity index is 2.43. The van der Waals surface area contributed by atoms with Crippen molar-refractivity contribution in [1.82, 2.24) is 5.32 Å². The number of rotatable bonds is 2. The van der Waals surface area contributed by atoms with Gasteiger partial charge in [-0.15, -0.1) is 0 Å². The van der Waals surface area contributed by atoms with Crippen LogP contribution in [0.3, 0.4) is 0 Å². The van der Waals surface area contributed by atoms with Crippen molar-refractivity contribution in [1.29, 1.82) is 0 Å². The molecule has 0 amide bonds. The molecule has 1 aliphatic rings. The molecular formula is C7H17N3O. The lowest BCUT2D eigenvalue weighted by Crippen LogP contribution is -2.64. The fourth-order valence-electron chi connectivity index (χ4n) is 1.14. The Morgan fingerprint density at radius 3 is 2.82 bits per heavy atom. The first-order chi connectivity index (χ1) is 5.17. The largest absolute Gasteiger partial charge is 0.372 e. The van der Waals surface area contributed by atoms with Crippen LogP contribution < -0.4 is 16.8 Å². The molecule has 0 aliphatic carbocycles. The highest BCUT2D eigenvalue weighted by atomic mass is 16.5. The topological polar surface area (TPSA) is 73.3 Å². The Bertz CT molecular complexity index is 121. The van der Waals surface area contributed by atoms with Crippen molar-refractivity contribution in [3.8, 4) is 0 Å². The maximum atomic E-state index is 5.80. The lowest BCUT2D eigenvalue weighted by Gasteiger charge is -2.35. The second-order valence-corrected chi connectivity index (χ2v) is 3.03. The molecule has 66 valence electrons. The highest BCUT2D eigenvalue weighted by molar-refractivity contribution is 4.88. The molecule has 1 fully saturated rings. The van der Waals surface area contributed by atoms with Crippen molar-refractivity contribution in [2.24, 2.45) is 11.5 Å². The summed E-state index contributed by atoms with van der Waals surface area (Å²) in [4.78, 5) is 0. The van der Waals surface area contributed by atoms with Crippen LogP contribution in [-0.2, 0) is 4.74 Å². The van der Waals surface area contributed by atoms with Gasteiger partial charge >= 0.3 is 0 Å². The summed E-state index contributed by atoms with van der Waals surface area (Å²) in [5, 5.41) is 3.19. The maximum Gasteiger partial charge on any atom is 0.101 e. The van der Waals surface area contributed by atoms with Crippen molar-refractivity contribution >= 4 is 0 Å². The van der Waals surface area contributed by atoms with E-state index >= 15 is 0 Å². The minimum atomic E-state index is -0.673. The Hall–Kier alpha value is -0.160. The van der Waals surface area contributed by atoms with Gasteiger partial charge < -0.3 is 21.5 Å². The van der Waals surface area contributed by atoms with Gasteiger partial charge in [0.2, 0.25) is 0 Å². The molecule has 5 N–H and O–H groups in total. The normalized spacial score (nSPS) is 27.0. The summed E-state index contributed by atoms with van der Waals surface area (Å²) in [5.41, 5.74) is 10.9. The molecule has 0 aromatic heterocycles. The van der Waals surface area contributed by atoms with Crippen LogP contribution in [0, 0.1) is 0 Å². The third-order valence-corrected chi connectivity index (χ3v) is 2.14. The highest BCUT2D eigenvalue weighted by Gasteiger charge is 2.30. The lowest BCUT2D eigenvalue weighted by molar-refractivity contribution is -0.0210. The monoisotopic (exact) mass is 159 g/mol. The lowest BCUT2D eigenvalue weighted by atomic mass is 10.0. The molecule has 0 spiro atoms. The van der Waals surface area contributed by atoms with Crippen molar-refractivity contribution in [3.63, 3.8) is 0 Å². The minimum absolute atomic E-state index is 0.0405. The molecular weight excluding hydrogens is 142 g/mol. The molecule has 1 aliphatic heterocycles. The zero-order valence-electron chi connectivity index (χ0n) is 6.97. The van der Waals surface area contributed by atoms with E-state index in [0.29, 0.717) is 6.61 Å². The van der Waals surface area contributed by atoms with Crippen LogP contribution in [0.25, 0.3) is 0 Å². The molecule has 1 atom stereocenters. The van der Waals surface area contributed by atoms with Gasteiger partial charge in [0.1, 0.15) is 6.10 Å². The minimum Gasteiger partial charge on any atom is -0.372 e. The van der Waals surface area contributed by atoms with Crippen LogP contribution in [-0.4, -0.2) is 31.5 Å². The van der Waals surface area contributed by atoms with Crippen molar-refractivity contribution < 1.29 is 4.74 Å². The van der Waals surface area contributed by atoms with E-state index in [1.165, 1.54) is 0 Å². The highest BCUT2D eigenvalue weighted by Crippen LogP contribution is 2.09. The van der Waals surface area contributed by atoms with Crippen LogP contribution in [0.2, 0.25) is 0 Å². The molecule has 1 rings (SSSR count). The van der Waals surface area contributed by atoms with E-state index in [2.05, 4.69) is 5.32 Å². The van der Waals surface area contributed by atoms with E-state index in [4.69, 9.17) is 16.2 Å². The molecule has 0 saturated carbocycles. The van der Waals surface area contributed by atoms with Gasteiger partial charge in [0, 0.05) is 13.1 Å². The number of nitrogens with one attached hydrogen (secondary N) is 1. The first-order valence-corrected chi connectivity index (χ1v) is 4.07. The van der Waals surface area contributed by atoms with Crippen LogP contribution in [0.15, 0.2) is 0 Å². The van der Waals surface area contributed by atoms with Gasteiger partial charge in [-0.25, -0.2) is 0 Å². The molecule has 0 radical (unpaired) electrons. The van der Waals surface area contributed by atoms with Gasteiger partial charge in [0.25, 0.3) is 0 Å². The second-order valence-electron chi connectivity index (χ2n) is 3.03. The van der Waals surface area contributed by atoms with E-state index in [0.717, 1.165) is 19.5 Å². The average molecular weight is 159 g/mol. The van der Waals surface area contributed by atoms with Crippen molar-refractivity contribution in [3.05, 3.63) is 0 Å². The van der Waals surface area contributed by atoms with E-state index in [9.17, 15) is 0 Å². The Labute approximate surface area is 67.3 Å².